The van der Waals surface area contributed by atoms with Crippen LogP contribution in [0.5, 0.6) is 0 Å². The molecule has 2 amide bonds. The number of nitrogens with one attached hydrogen (secondary N) is 1. The number of carbonyl (C=O) groups excluding carboxylic acids is 2. The molecule has 0 unspecified atom stereocenters. The predicted octanol–water partition coefficient (Wildman–Crippen LogP) is 2.16. The third-order valence-corrected chi connectivity index (χ3v) is 3.10. The summed E-state index contributed by atoms with van der Waals surface area (Å²) in [6, 6.07) is 9.17. The molecule has 1 N–H and O–H groups in total. The number of hydrogen-bond acceptors (Lipinski definition) is 4. The normalized spacial score (nSPS) is 15.7. The second-order valence-electron chi connectivity index (χ2n) is 4.88. The number of nitrogens with zero attached hydrogens (tertiary/aromatic N) is 3. The zero-order valence-electron chi connectivity index (χ0n) is 12.5. The van der Waals surface area contributed by atoms with E-state index in [2.05, 4.69) is 10.4 Å². The van der Waals surface area contributed by atoms with Crippen LogP contribution in [0.2, 0.25) is 0 Å². The zero-order chi connectivity index (χ0) is 16.1. The SMILES string of the molecule is CC(=O)Nc1ccc(/C=C2\C(=O)N(CCC#N)N=C2C)cc1. The Morgan fingerprint density at radius 2 is 2.09 bits per heavy atom. The van der Waals surface area contributed by atoms with Crippen LogP contribution >= 0.6 is 0 Å². The molecule has 1 aliphatic rings. The van der Waals surface area contributed by atoms with Gasteiger partial charge in [-0.25, -0.2) is 5.01 Å². The van der Waals surface area contributed by atoms with Gasteiger partial charge in [0.2, 0.25) is 5.91 Å². The van der Waals surface area contributed by atoms with Crippen LogP contribution in [-0.4, -0.2) is 29.1 Å². The van der Waals surface area contributed by atoms with Gasteiger partial charge in [0.05, 0.1) is 30.3 Å². The fourth-order valence-corrected chi connectivity index (χ4v) is 2.08. The summed E-state index contributed by atoms with van der Waals surface area (Å²) in [4.78, 5) is 23.2. The number of anilines is 1. The van der Waals surface area contributed by atoms with Crippen molar-refractivity contribution in [2.75, 3.05) is 11.9 Å². The lowest BCUT2D eigenvalue weighted by atomic mass is 10.1. The van der Waals surface area contributed by atoms with Gasteiger partial charge >= 0.3 is 0 Å². The zero-order valence-corrected chi connectivity index (χ0v) is 12.5. The van der Waals surface area contributed by atoms with Crippen LogP contribution in [0.3, 0.4) is 0 Å². The number of hydrogen-bond donors (Lipinski definition) is 1. The molecule has 0 spiro atoms. The van der Waals surface area contributed by atoms with Crippen molar-refractivity contribution in [3.8, 4) is 6.07 Å². The highest BCUT2D eigenvalue weighted by Crippen LogP contribution is 2.19. The molecule has 0 atom stereocenters. The van der Waals surface area contributed by atoms with Gasteiger partial charge in [0.15, 0.2) is 0 Å². The Kier molecular flexibility index (Phi) is 4.69. The largest absolute Gasteiger partial charge is 0.326 e. The van der Waals surface area contributed by atoms with Crippen molar-refractivity contribution >= 4 is 29.3 Å². The van der Waals surface area contributed by atoms with Gasteiger partial charge in [0.1, 0.15) is 0 Å². The Morgan fingerprint density at radius 1 is 1.41 bits per heavy atom. The Labute approximate surface area is 128 Å². The number of rotatable bonds is 4. The smallest absolute Gasteiger partial charge is 0.275 e. The molecule has 1 aromatic rings. The van der Waals surface area contributed by atoms with Gasteiger partial charge in [-0.2, -0.15) is 10.4 Å². The van der Waals surface area contributed by atoms with Gasteiger partial charge in [0, 0.05) is 12.6 Å². The maximum atomic E-state index is 12.2. The molecular weight excluding hydrogens is 280 g/mol. The fraction of sp³-hybridized carbons (Fsp3) is 0.250. The molecule has 0 radical (unpaired) electrons. The number of benzene rings is 1. The lowest BCUT2D eigenvalue weighted by Gasteiger charge is -2.08. The third kappa shape index (κ3) is 3.58. The molecule has 22 heavy (non-hydrogen) atoms. The summed E-state index contributed by atoms with van der Waals surface area (Å²) >= 11 is 0. The van der Waals surface area contributed by atoms with Gasteiger partial charge < -0.3 is 5.32 Å². The molecule has 6 nitrogen and oxygen atoms in total. The van der Waals surface area contributed by atoms with Gasteiger partial charge in [0.25, 0.3) is 5.91 Å². The van der Waals surface area contributed by atoms with Crippen LogP contribution < -0.4 is 5.32 Å². The van der Waals surface area contributed by atoms with Gasteiger partial charge in [-0.1, -0.05) is 12.1 Å². The first kappa shape index (κ1) is 15.4. The van der Waals surface area contributed by atoms with E-state index >= 15 is 0 Å². The lowest BCUT2D eigenvalue weighted by molar-refractivity contribution is -0.125. The highest BCUT2D eigenvalue weighted by atomic mass is 16.2. The molecule has 112 valence electrons. The molecule has 0 fully saturated rings. The average molecular weight is 296 g/mol. The molecule has 0 aromatic heterocycles. The van der Waals surface area contributed by atoms with Crippen molar-refractivity contribution < 1.29 is 9.59 Å². The van der Waals surface area contributed by atoms with E-state index in [9.17, 15) is 9.59 Å². The minimum Gasteiger partial charge on any atom is -0.326 e. The first-order valence-electron chi connectivity index (χ1n) is 6.85. The Bertz CT molecular complexity index is 696. The van der Waals surface area contributed by atoms with Crippen LogP contribution in [-0.2, 0) is 9.59 Å². The van der Waals surface area contributed by atoms with Crippen molar-refractivity contribution in [1.82, 2.24) is 5.01 Å². The van der Waals surface area contributed by atoms with Crippen molar-refractivity contribution in [2.45, 2.75) is 20.3 Å². The highest BCUT2D eigenvalue weighted by molar-refractivity contribution is 6.26. The molecule has 0 aliphatic carbocycles. The Morgan fingerprint density at radius 3 is 2.68 bits per heavy atom. The molecule has 0 bridgehead atoms. The molecule has 0 saturated heterocycles. The minimum atomic E-state index is -0.196. The van der Waals surface area contributed by atoms with Crippen LogP contribution in [0.4, 0.5) is 5.69 Å². The summed E-state index contributed by atoms with van der Waals surface area (Å²) in [5.74, 6) is -0.327. The monoisotopic (exact) mass is 296 g/mol. The standard InChI is InChI=1S/C16H16N4O2/c1-11-15(16(22)20(19-11)9-3-8-17)10-13-4-6-14(7-5-13)18-12(2)21/h4-7,10H,3,9H2,1-2H3,(H,18,21)/b15-10-. The summed E-state index contributed by atoms with van der Waals surface area (Å²) in [6.07, 6.45) is 2.01. The molecule has 1 heterocycles. The van der Waals surface area contributed by atoms with E-state index in [0.717, 1.165) is 5.56 Å². The highest BCUT2D eigenvalue weighted by Gasteiger charge is 2.26. The molecule has 2 rings (SSSR count). The first-order valence-corrected chi connectivity index (χ1v) is 6.85. The van der Waals surface area contributed by atoms with Crippen LogP contribution in [0.1, 0.15) is 25.8 Å². The summed E-state index contributed by atoms with van der Waals surface area (Å²) in [5, 5.41) is 16.8. The van der Waals surface area contributed by atoms with Crippen molar-refractivity contribution in [2.24, 2.45) is 5.10 Å². The van der Waals surface area contributed by atoms with Crippen LogP contribution in [0, 0.1) is 11.3 Å². The summed E-state index contributed by atoms with van der Waals surface area (Å²) in [5.41, 5.74) is 2.70. The quantitative estimate of drug-likeness (QED) is 0.864. The maximum Gasteiger partial charge on any atom is 0.275 e. The molecule has 1 aliphatic heterocycles. The Hall–Kier alpha value is -2.94. The summed E-state index contributed by atoms with van der Waals surface area (Å²) < 4.78 is 0. The number of amides is 2. The maximum absolute atomic E-state index is 12.2. The topological polar surface area (TPSA) is 85.6 Å². The fourth-order valence-electron chi connectivity index (χ4n) is 2.08. The van der Waals surface area contributed by atoms with E-state index in [1.807, 2.05) is 18.2 Å². The average Bonchev–Trinajstić information content (AvgIpc) is 2.74. The number of carbonyl (C=O) groups is 2. The van der Waals surface area contributed by atoms with Crippen molar-refractivity contribution in [3.63, 3.8) is 0 Å². The van der Waals surface area contributed by atoms with Gasteiger partial charge in [-0.15, -0.1) is 0 Å². The van der Waals surface area contributed by atoms with Crippen molar-refractivity contribution in [1.29, 1.82) is 5.26 Å². The second kappa shape index (κ2) is 6.68. The van der Waals surface area contributed by atoms with Gasteiger partial charge in [-0.3, -0.25) is 9.59 Å². The summed E-state index contributed by atoms with van der Waals surface area (Å²) in [6.45, 7) is 3.51. The first-order chi connectivity index (χ1) is 10.5. The number of nitriles is 1. The van der Waals surface area contributed by atoms with E-state index in [1.54, 1.807) is 25.1 Å². The molecular formula is C16H16N4O2. The van der Waals surface area contributed by atoms with Crippen molar-refractivity contribution in [3.05, 3.63) is 35.4 Å². The van der Waals surface area contributed by atoms with E-state index < -0.39 is 0 Å². The van der Waals surface area contributed by atoms with Crippen LogP contribution in [0.15, 0.2) is 34.9 Å². The molecule has 0 saturated carbocycles. The molecule has 6 heteroatoms. The lowest BCUT2D eigenvalue weighted by Crippen LogP contribution is -2.22. The third-order valence-electron chi connectivity index (χ3n) is 3.10. The Balaban J connectivity index is 2.16. The van der Waals surface area contributed by atoms with E-state index in [0.29, 0.717) is 23.5 Å². The van der Waals surface area contributed by atoms with Crippen LogP contribution in [0.25, 0.3) is 6.08 Å². The number of hydrazone groups is 1. The van der Waals surface area contributed by atoms with E-state index in [1.165, 1.54) is 11.9 Å². The minimum absolute atomic E-state index is 0.131. The van der Waals surface area contributed by atoms with Gasteiger partial charge in [-0.05, 0) is 30.7 Å². The molecule has 1 aromatic carbocycles. The van der Waals surface area contributed by atoms with E-state index in [4.69, 9.17) is 5.26 Å². The summed E-state index contributed by atoms with van der Waals surface area (Å²) in [7, 11) is 0. The predicted molar refractivity (Wildman–Crippen MR) is 83.8 cm³/mol. The van der Waals surface area contributed by atoms with E-state index in [-0.39, 0.29) is 18.2 Å². The second-order valence-corrected chi connectivity index (χ2v) is 4.88.